The third kappa shape index (κ3) is 3.35. The van der Waals surface area contributed by atoms with Crippen molar-refractivity contribution in [1.29, 1.82) is 0 Å². The fraction of sp³-hybridized carbons (Fsp3) is 0.409. The number of carbonyl (C=O) groups is 1. The molecule has 2 aromatic heterocycles. The fourth-order valence-electron chi connectivity index (χ4n) is 4.08. The van der Waals surface area contributed by atoms with Gasteiger partial charge in [-0.15, -0.1) is 0 Å². The number of aromatic nitrogens is 3. The molecule has 3 heterocycles. The number of fused-ring (bicyclic) bond motifs is 1. The Kier molecular flexibility index (Phi) is 5.03. The van der Waals surface area contributed by atoms with Crippen LogP contribution in [-0.4, -0.2) is 51.5 Å². The van der Waals surface area contributed by atoms with Gasteiger partial charge in [0.1, 0.15) is 17.8 Å². The van der Waals surface area contributed by atoms with E-state index in [4.69, 9.17) is 0 Å². The molecule has 0 unspecified atom stereocenters. The van der Waals surface area contributed by atoms with Crippen LogP contribution in [0.15, 0.2) is 36.7 Å². The molecule has 146 valence electrons. The molecule has 1 aliphatic heterocycles. The van der Waals surface area contributed by atoms with E-state index >= 15 is 0 Å². The fourth-order valence-corrected chi connectivity index (χ4v) is 4.08. The Hall–Kier alpha value is -2.89. The van der Waals surface area contributed by atoms with Gasteiger partial charge in [0.15, 0.2) is 0 Å². The van der Waals surface area contributed by atoms with Gasteiger partial charge in [-0.05, 0) is 31.4 Å². The molecular formula is C22H27N5O. The second-order valence-electron chi connectivity index (χ2n) is 7.49. The van der Waals surface area contributed by atoms with Crippen molar-refractivity contribution in [2.45, 2.75) is 33.7 Å². The Balaban J connectivity index is 1.64. The predicted molar refractivity (Wildman–Crippen MR) is 112 cm³/mol. The Morgan fingerprint density at radius 1 is 1.04 bits per heavy atom. The van der Waals surface area contributed by atoms with Gasteiger partial charge in [-0.3, -0.25) is 4.79 Å². The first-order valence-corrected chi connectivity index (χ1v) is 9.91. The topological polar surface area (TPSA) is 54.3 Å². The SMILES string of the molecule is CC(=O)N1CCN(c2ncnc3c2c(C)c(C)n3CCc2ccccc2)CC1. The maximum Gasteiger partial charge on any atom is 0.219 e. The number of carbonyl (C=O) groups excluding carboxylic acids is 1. The summed E-state index contributed by atoms with van der Waals surface area (Å²) < 4.78 is 2.31. The van der Waals surface area contributed by atoms with Crippen LogP contribution in [0.3, 0.4) is 0 Å². The van der Waals surface area contributed by atoms with Gasteiger partial charge in [-0.25, -0.2) is 9.97 Å². The zero-order valence-corrected chi connectivity index (χ0v) is 16.9. The lowest BCUT2D eigenvalue weighted by atomic mass is 10.1. The minimum atomic E-state index is 0.145. The number of anilines is 1. The van der Waals surface area contributed by atoms with Gasteiger partial charge < -0.3 is 14.4 Å². The average molecular weight is 377 g/mol. The van der Waals surface area contributed by atoms with E-state index in [1.165, 1.54) is 16.8 Å². The minimum absolute atomic E-state index is 0.145. The van der Waals surface area contributed by atoms with Crippen LogP contribution in [0.2, 0.25) is 0 Å². The van der Waals surface area contributed by atoms with Gasteiger partial charge in [0.25, 0.3) is 0 Å². The molecule has 0 radical (unpaired) electrons. The van der Waals surface area contributed by atoms with E-state index < -0.39 is 0 Å². The monoisotopic (exact) mass is 377 g/mol. The van der Waals surface area contributed by atoms with Crippen LogP contribution < -0.4 is 4.90 Å². The van der Waals surface area contributed by atoms with E-state index in [0.29, 0.717) is 0 Å². The highest BCUT2D eigenvalue weighted by Crippen LogP contribution is 2.31. The standard InChI is InChI=1S/C22H27N5O/c1-16-17(2)27(10-9-19-7-5-4-6-8-19)22-20(16)21(23-15-24-22)26-13-11-25(12-14-26)18(3)28/h4-8,15H,9-14H2,1-3H3. The smallest absolute Gasteiger partial charge is 0.219 e. The first kappa shape index (κ1) is 18.5. The van der Waals surface area contributed by atoms with Crippen LogP contribution in [0.1, 0.15) is 23.7 Å². The molecule has 6 nitrogen and oxygen atoms in total. The number of piperazine rings is 1. The average Bonchev–Trinajstić information content (AvgIpc) is 2.97. The normalized spacial score (nSPS) is 14.7. The molecule has 0 aliphatic carbocycles. The molecule has 0 atom stereocenters. The highest BCUT2D eigenvalue weighted by Gasteiger charge is 2.24. The van der Waals surface area contributed by atoms with Crippen LogP contribution in [0.5, 0.6) is 0 Å². The zero-order chi connectivity index (χ0) is 19.7. The van der Waals surface area contributed by atoms with Gasteiger partial charge in [0.05, 0.1) is 5.39 Å². The summed E-state index contributed by atoms with van der Waals surface area (Å²) in [6.07, 6.45) is 2.65. The summed E-state index contributed by atoms with van der Waals surface area (Å²) in [6.45, 7) is 9.96. The number of amides is 1. The van der Waals surface area contributed by atoms with E-state index in [2.05, 4.69) is 63.6 Å². The number of nitrogens with zero attached hydrogens (tertiary/aromatic N) is 5. The predicted octanol–water partition coefficient (Wildman–Crippen LogP) is 2.96. The van der Waals surface area contributed by atoms with E-state index in [9.17, 15) is 4.79 Å². The number of benzene rings is 1. The van der Waals surface area contributed by atoms with Gasteiger partial charge in [0, 0.05) is 45.3 Å². The Morgan fingerprint density at radius 3 is 2.43 bits per heavy atom. The third-order valence-corrected chi connectivity index (χ3v) is 5.88. The van der Waals surface area contributed by atoms with Crippen molar-refractivity contribution in [2.24, 2.45) is 0 Å². The van der Waals surface area contributed by atoms with E-state index in [1.54, 1.807) is 13.3 Å². The summed E-state index contributed by atoms with van der Waals surface area (Å²) in [4.78, 5) is 25.1. The maximum atomic E-state index is 11.6. The van der Waals surface area contributed by atoms with E-state index in [0.717, 1.165) is 56.0 Å². The molecular weight excluding hydrogens is 350 g/mol. The molecule has 0 N–H and O–H groups in total. The molecule has 0 bridgehead atoms. The van der Waals surface area contributed by atoms with Crippen molar-refractivity contribution in [1.82, 2.24) is 19.4 Å². The van der Waals surface area contributed by atoms with Crippen LogP contribution in [0, 0.1) is 13.8 Å². The highest BCUT2D eigenvalue weighted by molar-refractivity contribution is 5.92. The molecule has 28 heavy (non-hydrogen) atoms. The van der Waals surface area contributed by atoms with Gasteiger partial charge >= 0.3 is 0 Å². The van der Waals surface area contributed by atoms with Gasteiger partial charge in [0.2, 0.25) is 5.91 Å². The molecule has 1 amide bonds. The first-order chi connectivity index (χ1) is 13.6. The number of rotatable bonds is 4. The quantitative estimate of drug-likeness (QED) is 0.701. The summed E-state index contributed by atoms with van der Waals surface area (Å²) in [5.41, 5.74) is 4.82. The summed E-state index contributed by atoms with van der Waals surface area (Å²) in [7, 11) is 0. The molecule has 6 heteroatoms. The summed E-state index contributed by atoms with van der Waals surface area (Å²) in [5, 5.41) is 1.14. The van der Waals surface area contributed by atoms with Crippen molar-refractivity contribution in [2.75, 3.05) is 31.1 Å². The molecule has 0 spiro atoms. The second kappa shape index (κ2) is 7.62. The van der Waals surface area contributed by atoms with Crippen molar-refractivity contribution >= 4 is 22.8 Å². The summed E-state index contributed by atoms with van der Waals surface area (Å²) in [5.74, 6) is 1.14. The van der Waals surface area contributed by atoms with Crippen LogP contribution in [-0.2, 0) is 17.8 Å². The minimum Gasteiger partial charge on any atom is -0.352 e. The number of aryl methyl sites for hydroxylation is 3. The molecule has 1 fully saturated rings. The molecule has 4 rings (SSSR count). The Bertz CT molecular complexity index is 987. The Morgan fingerprint density at radius 2 is 1.75 bits per heavy atom. The maximum absolute atomic E-state index is 11.6. The van der Waals surface area contributed by atoms with Gasteiger partial charge in [-0.2, -0.15) is 0 Å². The molecule has 3 aromatic rings. The van der Waals surface area contributed by atoms with E-state index in [-0.39, 0.29) is 5.91 Å². The molecule has 1 aliphatic rings. The van der Waals surface area contributed by atoms with Crippen molar-refractivity contribution in [3.05, 3.63) is 53.5 Å². The highest BCUT2D eigenvalue weighted by atomic mass is 16.2. The third-order valence-electron chi connectivity index (χ3n) is 5.88. The van der Waals surface area contributed by atoms with Crippen molar-refractivity contribution in [3.8, 4) is 0 Å². The van der Waals surface area contributed by atoms with Crippen LogP contribution in [0.4, 0.5) is 5.82 Å². The second-order valence-corrected chi connectivity index (χ2v) is 7.49. The Labute approximate surface area is 165 Å². The lowest BCUT2D eigenvalue weighted by molar-refractivity contribution is -0.129. The number of hydrogen-bond acceptors (Lipinski definition) is 4. The first-order valence-electron chi connectivity index (χ1n) is 9.91. The lowest BCUT2D eigenvalue weighted by Gasteiger charge is -2.35. The molecule has 1 aromatic carbocycles. The molecule has 0 saturated carbocycles. The largest absolute Gasteiger partial charge is 0.352 e. The van der Waals surface area contributed by atoms with Crippen LogP contribution in [0.25, 0.3) is 11.0 Å². The number of hydrogen-bond donors (Lipinski definition) is 0. The van der Waals surface area contributed by atoms with Gasteiger partial charge in [-0.1, -0.05) is 30.3 Å². The van der Waals surface area contributed by atoms with Crippen molar-refractivity contribution in [3.63, 3.8) is 0 Å². The lowest BCUT2D eigenvalue weighted by Crippen LogP contribution is -2.48. The van der Waals surface area contributed by atoms with Crippen LogP contribution >= 0.6 is 0 Å². The zero-order valence-electron chi connectivity index (χ0n) is 16.9. The van der Waals surface area contributed by atoms with E-state index in [1.807, 2.05) is 4.90 Å². The summed E-state index contributed by atoms with van der Waals surface area (Å²) >= 11 is 0. The summed E-state index contributed by atoms with van der Waals surface area (Å²) in [6, 6.07) is 10.6. The molecule has 1 saturated heterocycles. The van der Waals surface area contributed by atoms with Crippen molar-refractivity contribution < 1.29 is 4.79 Å².